The molecular weight excluding hydrogens is 311 g/mol. The lowest BCUT2D eigenvalue weighted by atomic mass is 10.1. The molecule has 1 heterocycles. The number of benzene rings is 1. The molecule has 0 radical (unpaired) electrons. The first-order chi connectivity index (χ1) is 10.6. The van der Waals surface area contributed by atoms with E-state index in [0.717, 1.165) is 16.7 Å². The van der Waals surface area contributed by atoms with E-state index in [1.807, 2.05) is 0 Å². The highest BCUT2D eigenvalue weighted by atomic mass is 19.3. The minimum absolute atomic E-state index is 0.0244. The smallest absolute Gasteiger partial charge is 0.331 e. The Bertz CT molecular complexity index is 915. The van der Waals surface area contributed by atoms with Crippen molar-refractivity contribution in [3.05, 3.63) is 38.8 Å². The van der Waals surface area contributed by atoms with Gasteiger partial charge in [-0.3, -0.25) is 13.9 Å². The third-order valence-corrected chi connectivity index (χ3v) is 4.14. The van der Waals surface area contributed by atoms with E-state index in [4.69, 9.17) is 5.73 Å². The number of rotatable bonds is 3. The first-order valence-corrected chi connectivity index (χ1v) is 7.25. The van der Waals surface area contributed by atoms with E-state index in [1.54, 1.807) is 13.8 Å². The second kappa shape index (κ2) is 4.87. The highest BCUT2D eigenvalue weighted by Crippen LogP contribution is 2.49. The molecule has 0 saturated heterocycles. The van der Waals surface area contributed by atoms with Crippen LogP contribution >= 0.6 is 0 Å². The van der Waals surface area contributed by atoms with Crippen molar-refractivity contribution in [1.29, 1.82) is 0 Å². The van der Waals surface area contributed by atoms with Crippen molar-refractivity contribution in [2.24, 2.45) is 5.92 Å². The van der Waals surface area contributed by atoms with Crippen molar-refractivity contribution in [2.45, 2.75) is 38.8 Å². The predicted molar refractivity (Wildman–Crippen MR) is 80.3 cm³/mol. The molecule has 0 spiro atoms. The fourth-order valence-corrected chi connectivity index (χ4v) is 2.84. The summed E-state index contributed by atoms with van der Waals surface area (Å²) in [6, 6.07) is 1.65. The predicted octanol–water partition coefficient (Wildman–Crippen LogP) is 2.12. The monoisotopic (exact) mass is 327 g/mol. The van der Waals surface area contributed by atoms with Gasteiger partial charge in [0.05, 0.1) is 10.9 Å². The molecule has 5 nitrogen and oxygen atoms in total. The van der Waals surface area contributed by atoms with Crippen LogP contribution in [0.2, 0.25) is 0 Å². The SMILES string of the molecule is CC(C)n1c(=O)n(CC2CC2(F)F)c(=O)c2c(N)cc(F)cc21. The van der Waals surface area contributed by atoms with Crippen LogP contribution in [0.15, 0.2) is 21.7 Å². The number of alkyl halides is 2. The van der Waals surface area contributed by atoms with Crippen LogP contribution in [-0.2, 0) is 6.54 Å². The summed E-state index contributed by atoms with van der Waals surface area (Å²) in [7, 11) is 0. The number of nitrogens with two attached hydrogens (primary N) is 1. The maximum atomic E-state index is 13.6. The standard InChI is InChI=1S/C15H16F3N3O2/c1-7(2)21-11-4-9(16)3-10(19)12(11)13(22)20(14(21)23)6-8-5-15(8,17)18/h3-4,7-8H,5-6,19H2,1-2H3. The Morgan fingerprint density at radius 1 is 1.35 bits per heavy atom. The van der Waals surface area contributed by atoms with Gasteiger partial charge in [0.25, 0.3) is 11.5 Å². The van der Waals surface area contributed by atoms with Gasteiger partial charge in [-0.1, -0.05) is 0 Å². The van der Waals surface area contributed by atoms with Crippen molar-refractivity contribution < 1.29 is 13.2 Å². The van der Waals surface area contributed by atoms with Crippen LogP contribution in [0.4, 0.5) is 18.9 Å². The Kier molecular flexibility index (Phi) is 3.31. The Morgan fingerprint density at radius 2 is 1.96 bits per heavy atom. The second-order valence-electron chi connectivity index (χ2n) is 6.21. The molecule has 1 unspecified atom stereocenters. The summed E-state index contributed by atoms with van der Waals surface area (Å²) in [5, 5.41) is -0.0244. The third-order valence-electron chi connectivity index (χ3n) is 4.14. The molecular formula is C15H16F3N3O2. The summed E-state index contributed by atoms with van der Waals surface area (Å²) in [5.41, 5.74) is 4.20. The van der Waals surface area contributed by atoms with E-state index in [2.05, 4.69) is 0 Å². The van der Waals surface area contributed by atoms with Gasteiger partial charge in [0.1, 0.15) is 5.82 Å². The lowest BCUT2D eigenvalue weighted by Crippen LogP contribution is -2.41. The number of anilines is 1. The topological polar surface area (TPSA) is 70.0 Å². The van der Waals surface area contributed by atoms with Gasteiger partial charge in [-0.15, -0.1) is 0 Å². The summed E-state index contributed by atoms with van der Waals surface area (Å²) < 4.78 is 41.9. The molecule has 3 rings (SSSR count). The first kappa shape index (κ1) is 15.6. The number of aromatic nitrogens is 2. The van der Waals surface area contributed by atoms with Gasteiger partial charge in [0, 0.05) is 30.6 Å². The normalized spacial score (nSPS) is 19.5. The van der Waals surface area contributed by atoms with E-state index >= 15 is 0 Å². The first-order valence-electron chi connectivity index (χ1n) is 7.25. The number of nitrogen functional groups attached to an aromatic ring is 1. The molecule has 1 aromatic heterocycles. The van der Waals surface area contributed by atoms with Gasteiger partial charge in [-0.05, 0) is 26.0 Å². The van der Waals surface area contributed by atoms with E-state index in [1.165, 1.54) is 4.57 Å². The molecule has 0 amide bonds. The molecule has 1 fully saturated rings. The lowest BCUT2D eigenvalue weighted by molar-refractivity contribution is 0.0945. The van der Waals surface area contributed by atoms with E-state index in [9.17, 15) is 22.8 Å². The maximum absolute atomic E-state index is 13.6. The van der Waals surface area contributed by atoms with Crippen molar-refractivity contribution >= 4 is 16.6 Å². The van der Waals surface area contributed by atoms with Crippen molar-refractivity contribution in [2.75, 3.05) is 5.73 Å². The van der Waals surface area contributed by atoms with Crippen LogP contribution in [0.3, 0.4) is 0 Å². The Hall–Kier alpha value is -2.25. The highest BCUT2D eigenvalue weighted by Gasteiger charge is 2.57. The van der Waals surface area contributed by atoms with Crippen molar-refractivity contribution in [1.82, 2.24) is 9.13 Å². The van der Waals surface area contributed by atoms with Gasteiger partial charge in [0.15, 0.2) is 0 Å². The molecule has 2 N–H and O–H groups in total. The quantitative estimate of drug-likeness (QED) is 0.878. The molecule has 8 heteroatoms. The fraction of sp³-hybridized carbons (Fsp3) is 0.467. The van der Waals surface area contributed by atoms with Crippen LogP contribution in [0, 0.1) is 11.7 Å². The zero-order valence-electron chi connectivity index (χ0n) is 12.6. The molecule has 23 heavy (non-hydrogen) atoms. The highest BCUT2D eigenvalue weighted by molar-refractivity contribution is 5.89. The minimum atomic E-state index is -2.85. The third kappa shape index (κ3) is 2.42. The number of hydrogen-bond donors (Lipinski definition) is 1. The summed E-state index contributed by atoms with van der Waals surface area (Å²) in [5.74, 6) is -4.56. The average molecular weight is 327 g/mol. The van der Waals surface area contributed by atoms with E-state index in [-0.39, 0.29) is 29.6 Å². The largest absolute Gasteiger partial charge is 0.398 e. The number of nitrogens with zero attached hydrogens (tertiary/aromatic N) is 2. The summed E-state index contributed by atoms with van der Waals surface area (Å²) in [6.45, 7) is 3.00. The molecule has 1 aliphatic rings. The summed E-state index contributed by atoms with van der Waals surface area (Å²) in [6.07, 6.45) is -0.350. The van der Waals surface area contributed by atoms with E-state index < -0.39 is 34.9 Å². The van der Waals surface area contributed by atoms with Gasteiger partial charge in [-0.25, -0.2) is 18.0 Å². The second-order valence-corrected chi connectivity index (χ2v) is 6.21. The molecule has 1 saturated carbocycles. The number of fused-ring (bicyclic) bond motifs is 1. The lowest BCUT2D eigenvalue weighted by Gasteiger charge is -2.17. The Labute approximate surface area is 129 Å². The molecule has 0 bridgehead atoms. The van der Waals surface area contributed by atoms with Crippen LogP contribution in [0.25, 0.3) is 10.9 Å². The van der Waals surface area contributed by atoms with Crippen LogP contribution in [0.1, 0.15) is 26.3 Å². The maximum Gasteiger partial charge on any atom is 0.331 e. The Balaban J connectivity index is 2.34. The van der Waals surface area contributed by atoms with E-state index in [0.29, 0.717) is 0 Å². The van der Waals surface area contributed by atoms with Crippen LogP contribution in [0.5, 0.6) is 0 Å². The zero-order valence-corrected chi connectivity index (χ0v) is 12.6. The van der Waals surface area contributed by atoms with Gasteiger partial charge in [-0.2, -0.15) is 0 Å². The summed E-state index contributed by atoms with van der Waals surface area (Å²) >= 11 is 0. The van der Waals surface area contributed by atoms with Crippen LogP contribution in [-0.4, -0.2) is 15.1 Å². The van der Waals surface area contributed by atoms with Crippen LogP contribution < -0.4 is 17.0 Å². The molecule has 0 aliphatic heterocycles. The van der Waals surface area contributed by atoms with Gasteiger partial charge < -0.3 is 5.73 Å². The molecule has 1 aromatic carbocycles. The molecule has 2 aromatic rings. The van der Waals surface area contributed by atoms with Crippen molar-refractivity contribution in [3.63, 3.8) is 0 Å². The number of hydrogen-bond acceptors (Lipinski definition) is 3. The Morgan fingerprint density at radius 3 is 2.48 bits per heavy atom. The number of halogens is 3. The molecule has 1 aliphatic carbocycles. The fourth-order valence-electron chi connectivity index (χ4n) is 2.84. The zero-order chi connectivity index (χ0) is 17.1. The van der Waals surface area contributed by atoms with Crippen molar-refractivity contribution in [3.8, 4) is 0 Å². The average Bonchev–Trinajstić information content (AvgIpc) is 3.00. The summed E-state index contributed by atoms with van der Waals surface area (Å²) in [4.78, 5) is 25.1. The molecule has 124 valence electrons. The van der Waals surface area contributed by atoms with Gasteiger partial charge in [0.2, 0.25) is 0 Å². The minimum Gasteiger partial charge on any atom is -0.398 e. The van der Waals surface area contributed by atoms with Gasteiger partial charge >= 0.3 is 5.69 Å². The molecule has 1 atom stereocenters.